The van der Waals surface area contributed by atoms with Crippen molar-refractivity contribution in [2.75, 3.05) is 5.75 Å². The van der Waals surface area contributed by atoms with Gasteiger partial charge in [0.15, 0.2) is 0 Å². The SMILES string of the molecule is CCc1cccnc1CNC(=O)CC1(CS)CC1. The summed E-state index contributed by atoms with van der Waals surface area (Å²) in [5, 5.41) is 2.97. The van der Waals surface area contributed by atoms with Crippen molar-refractivity contribution in [3.8, 4) is 0 Å². The maximum absolute atomic E-state index is 11.9. The van der Waals surface area contributed by atoms with Gasteiger partial charge in [-0.2, -0.15) is 12.6 Å². The summed E-state index contributed by atoms with van der Waals surface area (Å²) >= 11 is 4.32. The zero-order valence-corrected chi connectivity index (χ0v) is 11.7. The highest BCUT2D eigenvalue weighted by Crippen LogP contribution is 2.49. The van der Waals surface area contributed by atoms with Crippen LogP contribution in [0.2, 0.25) is 0 Å². The summed E-state index contributed by atoms with van der Waals surface area (Å²) in [5.41, 5.74) is 2.36. The highest BCUT2D eigenvalue weighted by atomic mass is 32.1. The van der Waals surface area contributed by atoms with Crippen LogP contribution in [-0.4, -0.2) is 16.6 Å². The van der Waals surface area contributed by atoms with Crippen molar-refractivity contribution in [1.82, 2.24) is 10.3 Å². The minimum Gasteiger partial charge on any atom is -0.350 e. The number of nitrogens with one attached hydrogen (secondary N) is 1. The van der Waals surface area contributed by atoms with Gasteiger partial charge in [-0.3, -0.25) is 9.78 Å². The van der Waals surface area contributed by atoms with E-state index in [0.29, 0.717) is 13.0 Å². The number of carbonyl (C=O) groups excluding carboxylic acids is 1. The highest BCUT2D eigenvalue weighted by Gasteiger charge is 2.42. The number of rotatable bonds is 6. The van der Waals surface area contributed by atoms with Gasteiger partial charge in [-0.15, -0.1) is 0 Å². The lowest BCUT2D eigenvalue weighted by molar-refractivity contribution is -0.122. The molecular formula is C14H20N2OS. The van der Waals surface area contributed by atoms with Crippen molar-refractivity contribution in [1.29, 1.82) is 0 Å². The standard InChI is InChI=1S/C14H20N2OS/c1-2-11-4-3-7-15-12(11)9-16-13(17)8-14(10-18)5-6-14/h3-4,7,18H,2,5-6,8-10H2,1H3,(H,16,17). The molecule has 1 aromatic heterocycles. The van der Waals surface area contributed by atoms with E-state index in [-0.39, 0.29) is 11.3 Å². The van der Waals surface area contributed by atoms with Crippen LogP contribution in [0.15, 0.2) is 18.3 Å². The maximum Gasteiger partial charge on any atom is 0.220 e. The van der Waals surface area contributed by atoms with Crippen LogP contribution in [0.3, 0.4) is 0 Å². The fourth-order valence-electron chi connectivity index (χ4n) is 2.11. The fourth-order valence-corrected chi connectivity index (χ4v) is 2.53. The molecule has 0 atom stereocenters. The van der Waals surface area contributed by atoms with E-state index in [1.807, 2.05) is 6.07 Å². The summed E-state index contributed by atoms with van der Waals surface area (Å²) < 4.78 is 0. The fraction of sp³-hybridized carbons (Fsp3) is 0.571. The van der Waals surface area contributed by atoms with Crippen molar-refractivity contribution in [3.63, 3.8) is 0 Å². The van der Waals surface area contributed by atoms with E-state index in [2.05, 4.69) is 35.9 Å². The molecule has 1 saturated carbocycles. The van der Waals surface area contributed by atoms with E-state index in [0.717, 1.165) is 30.7 Å². The monoisotopic (exact) mass is 264 g/mol. The van der Waals surface area contributed by atoms with Crippen LogP contribution in [0.1, 0.15) is 37.4 Å². The van der Waals surface area contributed by atoms with Crippen LogP contribution < -0.4 is 5.32 Å². The van der Waals surface area contributed by atoms with Crippen molar-refractivity contribution >= 4 is 18.5 Å². The van der Waals surface area contributed by atoms with Gasteiger partial charge in [0.05, 0.1) is 12.2 Å². The Morgan fingerprint density at radius 1 is 1.56 bits per heavy atom. The summed E-state index contributed by atoms with van der Waals surface area (Å²) in [7, 11) is 0. The maximum atomic E-state index is 11.9. The van der Waals surface area contributed by atoms with E-state index in [4.69, 9.17) is 0 Å². The van der Waals surface area contributed by atoms with Crippen LogP contribution in [0.4, 0.5) is 0 Å². The molecule has 0 spiro atoms. The van der Waals surface area contributed by atoms with Gasteiger partial charge in [0.2, 0.25) is 5.91 Å². The molecule has 1 fully saturated rings. The summed E-state index contributed by atoms with van der Waals surface area (Å²) in [6.45, 7) is 2.63. The molecule has 0 bridgehead atoms. The quantitative estimate of drug-likeness (QED) is 0.775. The van der Waals surface area contributed by atoms with Crippen LogP contribution in [0.5, 0.6) is 0 Å². The van der Waals surface area contributed by atoms with Crippen molar-refractivity contribution in [2.45, 2.75) is 39.2 Å². The Labute approximate surface area is 114 Å². The molecule has 1 aliphatic rings. The number of pyridine rings is 1. The lowest BCUT2D eigenvalue weighted by Crippen LogP contribution is -2.27. The average molecular weight is 264 g/mol. The molecule has 1 amide bonds. The Hall–Kier alpha value is -1.03. The number of nitrogens with zero attached hydrogens (tertiary/aromatic N) is 1. The number of hydrogen-bond acceptors (Lipinski definition) is 3. The van der Waals surface area contributed by atoms with Crippen molar-refractivity contribution in [3.05, 3.63) is 29.6 Å². The molecule has 0 aliphatic heterocycles. The number of carbonyl (C=O) groups is 1. The van der Waals surface area contributed by atoms with E-state index in [9.17, 15) is 4.79 Å². The second kappa shape index (κ2) is 5.74. The first-order valence-electron chi connectivity index (χ1n) is 6.49. The van der Waals surface area contributed by atoms with Crippen molar-refractivity contribution in [2.24, 2.45) is 5.41 Å². The molecule has 0 saturated heterocycles. The molecule has 0 aromatic carbocycles. The average Bonchev–Trinajstić information content (AvgIpc) is 3.17. The number of thiol groups is 1. The van der Waals surface area contributed by atoms with E-state index >= 15 is 0 Å². The van der Waals surface area contributed by atoms with Crippen LogP contribution >= 0.6 is 12.6 Å². The molecule has 1 aromatic rings. The first-order chi connectivity index (χ1) is 8.69. The molecule has 1 heterocycles. The molecule has 0 unspecified atom stereocenters. The van der Waals surface area contributed by atoms with Crippen LogP contribution in [-0.2, 0) is 17.8 Å². The molecule has 4 heteroatoms. The number of hydrogen-bond donors (Lipinski definition) is 2. The molecule has 3 nitrogen and oxygen atoms in total. The number of amides is 1. The summed E-state index contributed by atoms with van der Waals surface area (Å²) in [6, 6.07) is 3.99. The molecular weight excluding hydrogens is 244 g/mol. The Balaban J connectivity index is 1.85. The zero-order chi connectivity index (χ0) is 13.0. The van der Waals surface area contributed by atoms with E-state index < -0.39 is 0 Å². The Kier molecular flexibility index (Phi) is 4.27. The Morgan fingerprint density at radius 2 is 2.33 bits per heavy atom. The van der Waals surface area contributed by atoms with Gasteiger partial charge in [0.25, 0.3) is 0 Å². The minimum absolute atomic E-state index is 0.120. The Morgan fingerprint density at radius 3 is 2.94 bits per heavy atom. The molecule has 1 N–H and O–H groups in total. The second-order valence-corrected chi connectivity index (χ2v) is 5.39. The number of aromatic nitrogens is 1. The van der Waals surface area contributed by atoms with Gasteiger partial charge in [-0.05, 0) is 42.1 Å². The lowest BCUT2D eigenvalue weighted by atomic mass is 10.1. The topological polar surface area (TPSA) is 42.0 Å². The van der Waals surface area contributed by atoms with Crippen LogP contribution in [0, 0.1) is 5.41 Å². The first-order valence-corrected chi connectivity index (χ1v) is 7.13. The highest BCUT2D eigenvalue weighted by molar-refractivity contribution is 7.80. The molecule has 1 aliphatic carbocycles. The van der Waals surface area contributed by atoms with Crippen LogP contribution in [0.25, 0.3) is 0 Å². The minimum atomic E-state index is 0.120. The van der Waals surface area contributed by atoms with E-state index in [1.54, 1.807) is 6.20 Å². The predicted octanol–water partition coefficient (Wildman–Crippen LogP) is 2.36. The summed E-state index contributed by atoms with van der Waals surface area (Å²) in [6.07, 6.45) is 5.59. The third kappa shape index (κ3) is 3.25. The normalized spacial score (nSPS) is 16.3. The van der Waals surface area contributed by atoms with Gasteiger partial charge < -0.3 is 5.32 Å². The van der Waals surface area contributed by atoms with Crippen molar-refractivity contribution < 1.29 is 4.79 Å². The largest absolute Gasteiger partial charge is 0.350 e. The molecule has 2 rings (SSSR count). The summed E-state index contributed by atoms with van der Waals surface area (Å²) in [5.74, 6) is 0.929. The van der Waals surface area contributed by atoms with Gasteiger partial charge in [-0.25, -0.2) is 0 Å². The first kappa shape index (κ1) is 13.4. The third-order valence-corrected chi connectivity index (χ3v) is 4.32. The van der Waals surface area contributed by atoms with Gasteiger partial charge in [0.1, 0.15) is 0 Å². The van der Waals surface area contributed by atoms with Gasteiger partial charge >= 0.3 is 0 Å². The molecule has 18 heavy (non-hydrogen) atoms. The Bertz CT molecular complexity index is 430. The second-order valence-electron chi connectivity index (χ2n) is 5.07. The smallest absolute Gasteiger partial charge is 0.220 e. The van der Waals surface area contributed by atoms with Gasteiger partial charge in [-0.1, -0.05) is 13.0 Å². The molecule has 0 radical (unpaired) electrons. The van der Waals surface area contributed by atoms with Gasteiger partial charge in [0, 0.05) is 12.6 Å². The predicted molar refractivity (Wildman–Crippen MR) is 75.6 cm³/mol. The summed E-state index contributed by atoms with van der Waals surface area (Å²) in [4.78, 5) is 16.2. The lowest BCUT2D eigenvalue weighted by Gasteiger charge is -2.12. The molecule has 98 valence electrons. The third-order valence-electron chi connectivity index (χ3n) is 3.65. The zero-order valence-electron chi connectivity index (χ0n) is 10.8. The number of aryl methyl sites for hydroxylation is 1. The van der Waals surface area contributed by atoms with E-state index in [1.165, 1.54) is 5.56 Å².